The van der Waals surface area contributed by atoms with E-state index in [9.17, 15) is 25.1 Å². The third-order valence-electron chi connectivity index (χ3n) is 2.84. The van der Waals surface area contributed by atoms with Crippen LogP contribution in [0.1, 0.15) is 25.0 Å². The number of nitrogens with zero attached hydrogens (tertiary/aromatic N) is 1. The number of halogens is 1. The van der Waals surface area contributed by atoms with Gasteiger partial charge in [0, 0.05) is 30.1 Å². The largest absolute Gasteiger partial charge is 0.393 e. The first kappa shape index (κ1) is 17.2. The van der Waals surface area contributed by atoms with Crippen molar-refractivity contribution >= 4 is 28.9 Å². The van der Waals surface area contributed by atoms with Crippen molar-refractivity contribution in [2.45, 2.75) is 25.6 Å². The fourth-order valence-corrected chi connectivity index (χ4v) is 2.02. The maximum atomic E-state index is 10.8. The summed E-state index contributed by atoms with van der Waals surface area (Å²) in [6.07, 6.45) is -2.60. The summed E-state index contributed by atoms with van der Waals surface area (Å²) in [6, 6.07) is 2.18. The van der Waals surface area contributed by atoms with Gasteiger partial charge < -0.3 is 21.3 Å². The molecule has 0 aliphatic carbocycles. The van der Waals surface area contributed by atoms with E-state index >= 15 is 0 Å². The molecule has 2 unspecified atom stereocenters. The Kier molecular flexibility index (Phi) is 5.89. The van der Waals surface area contributed by atoms with Gasteiger partial charge in [0.2, 0.25) is 5.91 Å². The Morgan fingerprint density at radius 3 is 2.67 bits per heavy atom. The lowest BCUT2D eigenvalue weighted by Gasteiger charge is -2.19. The second kappa shape index (κ2) is 7.21. The minimum absolute atomic E-state index is 0.00731. The second-order valence-corrected chi connectivity index (χ2v) is 4.88. The molecule has 0 saturated heterocycles. The van der Waals surface area contributed by atoms with E-state index in [0.29, 0.717) is 0 Å². The van der Waals surface area contributed by atoms with Crippen molar-refractivity contribution in [3.63, 3.8) is 0 Å². The molecule has 0 heterocycles. The number of rotatable bonds is 6. The lowest BCUT2D eigenvalue weighted by Crippen LogP contribution is -2.27. The zero-order valence-electron chi connectivity index (χ0n) is 11.2. The van der Waals surface area contributed by atoms with E-state index < -0.39 is 22.8 Å². The van der Waals surface area contributed by atoms with E-state index in [2.05, 4.69) is 5.32 Å². The van der Waals surface area contributed by atoms with Crippen molar-refractivity contribution < 1.29 is 19.9 Å². The summed E-state index contributed by atoms with van der Waals surface area (Å²) in [7, 11) is 0. The van der Waals surface area contributed by atoms with Crippen molar-refractivity contribution in [2.75, 3.05) is 12.3 Å². The molecule has 1 aromatic rings. The first-order chi connectivity index (χ1) is 9.73. The zero-order chi connectivity index (χ0) is 16.2. The molecule has 21 heavy (non-hydrogen) atoms. The highest BCUT2D eigenvalue weighted by molar-refractivity contribution is 6.31. The Morgan fingerprint density at radius 1 is 1.52 bits per heavy atom. The van der Waals surface area contributed by atoms with Crippen LogP contribution in [0.2, 0.25) is 5.02 Å². The molecule has 2 atom stereocenters. The van der Waals surface area contributed by atoms with Crippen LogP contribution in [0.4, 0.5) is 11.4 Å². The number of nitrogens with one attached hydrogen (secondary N) is 1. The Labute approximate surface area is 125 Å². The zero-order valence-corrected chi connectivity index (χ0v) is 12.0. The molecule has 0 aliphatic heterocycles. The number of nitro groups is 1. The number of hydrogen-bond donors (Lipinski definition) is 4. The SMILES string of the molecule is CC(=O)NCCC(O)C(O)c1cc([N+](=O)[O-])c(N)cc1Cl. The number of carbonyl (C=O) groups excluding carboxylic acids is 1. The minimum atomic E-state index is -1.43. The van der Waals surface area contributed by atoms with E-state index in [1.807, 2.05) is 0 Å². The fraction of sp³-hybridized carbons (Fsp3) is 0.417. The van der Waals surface area contributed by atoms with Gasteiger partial charge in [0.25, 0.3) is 5.69 Å². The van der Waals surface area contributed by atoms with Crippen molar-refractivity contribution in [2.24, 2.45) is 0 Å². The van der Waals surface area contributed by atoms with Crippen LogP contribution in [-0.2, 0) is 4.79 Å². The molecule has 1 rings (SSSR count). The molecule has 5 N–H and O–H groups in total. The van der Waals surface area contributed by atoms with Gasteiger partial charge in [-0.25, -0.2) is 0 Å². The van der Waals surface area contributed by atoms with Gasteiger partial charge in [-0.3, -0.25) is 14.9 Å². The molecule has 8 nitrogen and oxygen atoms in total. The summed E-state index contributed by atoms with van der Waals surface area (Å²) in [6.45, 7) is 1.48. The average Bonchev–Trinajstić information content (AvgIpc) is 2.37. The molecule has 0 bridgehead atoms. The van der Waals surface area contributed by atoms with Crippen LogP contribution in [0.5, 0.6) is 0 Å². The smallest absolute Gasteiger partial charge is 0.292 e. The summed E-state index contributed by atoms with van der Waals surface area (Å²) in [5, 5.41) is 33.2. The molecule has 9 heteroatoms. The maximum absolute atomic E-state index is 10.8. The van der Waals surface area contributed by atoms with Crippen LogP contribution < -0.4 is 11.1 Å². The number of carbonyl (C=O) groups is 1. The predicted molar refractivity (Wildman–Crippen MR) is 76.8 cm³/mol. The Balaban J connectivity index is 2.90. The number of benzene rings is 1. The minimum Gasteiger partial charge on any atom is -0.393 e. The van der Waals surface area contributed by atoms with Crippen LogP contribution in [0, 0.1) is 10.1 Å². The van der Waals surface area contributed by atoms with Crippen molar-refractivity contribution in [3.05, 3.63) is 32.8 Å². The Morgan fingerprint density at radius 2 is 2.14 bits per heavy atom. The third kappa shape index (κ3) is 4.55. The van der Waals surface area contributed by atoms with E-state index in [4.69, 9.17) is 17.3 Å². The Bertz CT molecular complexity index is 552. The molecule has 0 fully saturated rings. The van der Waals surface area contributed by atoms with Gasteiger partial charge in [-0.15, -0.1) is 0 Å². The standard InChI is InChI=1S/C12H16ClN3O5/c1-6(17)15-3-2-11(18)12(19)7-4-10(16(20)21)9(14)5-8(7)13/h4-5,11-12,18-19H,2-3,14H2,1H3,(H,15,17). The van der Waals surface area contributed by atoms with Crippen LogP contribution >= 0.6 is 11.6 Å². The number of amides is 1. The molecular formula is C12H16ClN3O5. The molecule has 1 amide bonds. The van der Waals surface area contributed by atoms with Crippen molar-refractivity contribution in [1.29, 1.82) is 0 Å². The van der Waals surface area contributed by atoms with Crippen LogP contribution in [0.3, 0.4) is 0 Å². The van der Waals surface area contributed by atoms with Crippen molar-refractivity contribution in [3.8, 4) is 0 Å². The quantitative estimate of drug-likeness (QED) is 0.347. The number of nitro benzene ring substituents is 1. The fourth-order valence-electron chi connectivity index (χ4n) is 1.74. The summed E-state index contributed by atoms with van der Waals surface area (Å²) >= 11 is 5.89. The van der Waals surface area contributed by atoms with Crippen LogP contribution in [-0.4, -0.2) is 33.7 Å². The number of hydrogen-bond acceptors (Lipinski definition) is 6. The normalized spacial score (nSPS) is 13.5. The first-order valence-corrected chi connectivity index (χ1v) is 6.45. The lowest BCUT2D eigenvalue weighted by atomic mass is 10.0. The van der Waals surface area contributed by atoms with Gasteiger partial charge in [-0.05, 0) is 12.5 Å². The molecule has 116 valence electrons. The van der Waals surface area contributed by atoms with Gasteiger partial charge in [-0.1, -0.05) is 11.6 Å². The van der Waals surface area contributed by atoms with Gasteiger partial charge in [0.1, 0.15) is 11.8 Å². The first-order valence-electron chi connectivity index (χ1n) is 6.08. The highest BCUT2D eigenvalue weighted by Crippen LogP contribution is 2.34. The van der Waals surface area contributed by atoms with E-state index in [1.165, 1.54) is 6.92 Å². The molecular weight excluding hydrogens is 302 g/mol. The topological polar surface area (TPSA) is 139 Å². The summed E-state index contributed by atoms with van der Waals surface area (Å²) in [5.41, 5.74) is 4.94. The van der Waals surface area contributed by atoms with Crippen LogP contribution in [0.25, 0.3) is 0 Å². The number of nitrogens with two attached hydrogens (primary N) is 1. The molecule has 0 aromatic heterocycles. The van der Waals surface area contributed by atoms with Gasteiger partial charge >= 0.3 is 0 Å². The van der Waals surface area contributed by atoms with Gasteiger partial charge in [0.05, 0.1) is 11.0 Å². The van der Waals surface area contributed by atoms with E-state index in [1.54, 1.807) is 0 Å². The third-order valence-corrected chi connectivity index (χ3v) is 3.17. The average molecular weight is 318 g/mol. The predicted octanol–water partition coefficient (Wildman–Crippen LogP) is 0.751. The summed E-state index contributed by atoms with van der Waals surface area (Å²) < 4.78 is 0. The van der Waals surface area contributed by atoms with Crippen LogP contribution in [0.15, 0.2) is 12.1 Å². The maximum Gasteiger partial charge on any atom is 0.292 e. The second-order valence-electron chi connectivity index (χ2n) is 4.47. The molecule has 1 aromatic carbocycles. The number of aliphatic hydroxyl groups is 2. The molecule has 0 radical (unpaired) electrons. The Hall–Kier alpha value is -1.90. The lowest BCUT2D eigenvalue weighted by molar-refractivity contribution is -0.384. The van der Waals surface area contributed by atoms with Gasteiger partial charge in [0.15, 0.2) is 0 Å². The van der Waals surface area contributed by atoms with Gasteiger partial charge in [-0.2, -0.15) is 0 Å². The monoisotopic (exact) mass is 317 g/mol. The number of aliphatic hydroxyl groups excluding tert-OH is 2. The molecule has 0 spiro atoms. The highest BCUT2D eigenvalue weighted by Gasteiger charge is 2.24. The van der Waals surface area contributed by atoms with E-state index in [-0.39, 0.29) is 35.1 Å². The van der Waals surface area contributed by atoms with Crippen molar-refractivity contribution in [1.82, 2.24) is 5.32 Å². The molecule has 0 aliphatic rings. The van der Waals surface area contributed by atoms with E-state index in [0.717, 1.165) is 12.1 Å². The number of anilines is 1. The highest BCUT2D eigenvalue weighted by atomic mass is 35.5. The number of nitrogen functional groups attached to an aromatic ring is 1. The molecule has 0 saturated carbocycles. The summed E-state index contributed by atoms with van der Waals surface area (Å²) in [4.78, 5) is 20.8. The summed E-state index contributed by atoms with van der Waals surface area (Å²) in [5.74, 6) is -0.266.